The second kappa shape index (κ2) is 4.88. The summed E-state index contributed by atoms with van der Waals surface area (Å²) in [6.07, 6.45) is -4.31. The zero-order valence-corrected chi connectivity index (χ0v) is 11.3. The summed E-state index contributed by atoms with van der Waals surface area (Å²) < 4.78 is 37.7. The van der Waals surface area contributed by atoms with Crippen LogP contribution in [0.3, 0.4) is 0 Å². The minimum Gasteiger partial charge on any atom is -0.248 e. The van der Waals surface area contributed by atoms with E-state index in [1.807, 2.05) is 37.3 Å². The van der Waals surface area contributed by atoms with Gasteiger partial charge in [-0.2, -0.15) is 13.2 Å². The molecule has 0 atom stereocenters. The fraction of sp³-hybridized carbons (Fsp3) is 0.118. The third kappa shape index (κ3) is 2.61. The molecule has 0 fully saturated rings. The van der Waals surface area contributed by atoms with Crippen molar-refractivity contribution in [2.45, 2.75) is 13.1 Å². The summed E-state index contributed by atoms with van der Waals surface area (Å²) in [6.45, 7) is 1.96. The minimum absolute atomic E-state index is 0.650. The summed E-state index contributed by atoms with van der Waals surface area (Å²) in [5, 5.41) is 1.02. The number of benzene rings is 2. The van der Waals surface area contributed by atoms with Gasteiger partial charge in [-0.3, -0.25) is 0 Å². The van der Waals surface area contributed by atoms with Crippen molar-refractivity contribution in [3.63, 3.8) is 0 Å². The highest BCUT2D eigenvalue weighted by Gasteiger charge is 2.29. The van der Waals surface area contributed by atoms with E-state index in [2.05, 4.69) is 4.98 Å². The Kier molecular flexibility index (Phi) is 3.16. The molecule has 4 heteroatoms. The third-order valence-electron chi connectivity index (χ3n) is 3.43. The molecular formula is C17H12F3N. The number of alkyl halides is 3. The number of para-hydroxylation sites is 1. The summed E-state index contributed by atoms with van der Waals surface area (Å²) in [5.74, 6) is 0. The van der Waals surface area contributed by atoms with Crippen LogP contribution < -0.4 is 0 Å². The smallest absolute Gasteiger partial charge is 0.248 e. The first-order valence-corrected chi connectivity index (χ1v) is 6.49. The molecule has 0 saturated heterocycles. The van der Waals surface area contributed by atoms with E-state index in [0.29, 0.717) is 11.3 Å². The van der Waals surface area contributed by atoms with Crippen LogP contribution in [0, 0.1) is 6.92 Å². The van der Waals surface area contributed by atoms with Crippen molar-refractivity contribution in [3.05, 3.63) is 65.7 Å². The monoisotopic (exact) mass is 287 g/mol. The molecule has 0 saturated carbocycles. The highest BCUT2D eigenvalue weighted by atomic mass is 19.4. The average Bonchev–Trinajstić information content (AvgIpc) is 2.47. The Morgan fingerprint density at radius 1 is 0.857 bits per heavy atom. The van der Waals surface area contributed by atoms with Crippen molar-refractivity contribution in [2.24, 2.45) is 0 Å². The molecule has 0 aliphatic heterocycles. The van der Waals surface area contributed by atoms with Crippen LogP contribution in [0.2, 0.25) is 0 Å². The van der Waals surface area contributed by atoms with Crippen molar-refractivity contribution >= 4 is 10.9 Å². The fourth-order valence-corrected chi connectivity index (χ4v) is 2.29. The first-order valence-electron chi connectivity index (χ1n) is 6.49. The highest BCUT2D eigenvalue weighted by Crippen LogP contribution is 2.31. The van der Waals surface area contributed by atoms with Crippen LogP contribution in [0.1, 0.15) is 11.1 Å². The van der Waals surface area contributed by atoms with E-state index < -0.39 is 11.7 Å². The van der Waals surface area contributed by atoms with Crippen molar-refractivity contribution in [3.8, 4) is 11.3 Å². The van der Waals surface area contributed by atoms with E-state index in [0.717, 1.165) is 28.6 Å². The van der Waals surface area contributed by atoms with Gasteiger partial charge in [-0.05, 0) is 30.7 Å². The van der Waals surface area contributed by atoms with Crippen LogP contribution in [0.15, 0.2) is 54.6 Å². The molecule has 0 aliphatic rings. The number of aromatic nitrogens is 1. The van der Waals surface area contributed by atoms with Gasteiger partial charge in [0, 0.05) is 10.9 Å². The van der Waals surface area contributed by atoms with E-state index in [-0.39, 0.29) is 0 Å². The van der Waals surface area contributed by atoms with Gasteiger partial charge in [0.2, 0.25) is 0 Å². The molecule has 2 aromatic carbocycles. The van der Waals surface area contributed by atoms with Gasteiger partial charge in [0.1, 0.15) is 0 Å². The van der Waals surface area contributed by atoms with E-state index in [1.54, 1.807) is 0 Å². The Balaban J connectivity index is 2.06. The molecule has 0 unspecified atom stereocenters. The minimum atomic E-state index is -4.31. The molecule has 0 spiro atoms. The van der Waals surface area contributed by atoms with Crippen LogP contribution in [0.4, 0.5) is 13.2 Å². The molecule has 1 heterocycles. The van der Waals surface area contributed by atoms with E-state index in [4.69, 9.17) is 0 Å². The lowest BCUT2D eigenvalue weighted by molar-refractivity contribution is -0.137. The van der Waals surface area contributed by atoms with E-state index in [9.17, 15) is 13.2 Å². The second-order valence-electron chi connectivity index (χ2n) is 4.92. The van der Waals surface area contributed by atoms with Gasteiger partial charge >= 0.3 is 6.18 Å². The zero-order valence-electron chi connectivity index (χ0n) is 11.3. The molecule has 3 rings (SSSR count). The molecule has 1 nitrogen and oxygen atoms in total. The quantitative estimate of drug-likeness (QED) is 0.597. The molecule has 0 aliphatic carbocycles. The third-order valence-corrected chi connectivity index (χ3v) is 3.43. The van der Waals surface area contributed by atoms with Crippen LogP contribution in [0.25, 0.3) is 22.2 Å². The lowest BCUT2D eigenvalue weighted by atomic mass is 10.1. The number of hydrogen-bond acceptors (Lipinski definition) is 1. The molecule has 0 N–H and O–H groups in total. The summed E-state index contributed by atoms with van der Waals surface area (Å²) in [5.41, 5.74) is 2.61. The predicted octanol–water partition coefficient (Wildman–Crippen LogP) is 5.23. The van der Waals surface area contributed by atoms with Gasteiger partial charge in [0.05, 0.1) is 16.8 Å². The molecular weight excluding hydrogens is 275 g/mol. The zero-order chi connectivity index (χ0) is 15.0. The van der Waals surface area contributed by atoms with Gasteiger partial charge in [-0.25, -0.2) is 4.98 Å². The van der Waals surface area contributed by atoms with Crippen molar-refractivity contribution in [2.75, 3.05) is 0 Å². The number of nitrogens with zero attached hydrogens (tertiary/aromatic N) is 1. The number of halogens is 3. The molecule has 106 valence electrons. The standard InChI is InChI=1S/C17H12F3N/c1-11-3-2-4-13-7-10-15(21-16(11)13)12-5-8-14(9-6-12)17(18,19)20/h2-10H,1H3. The summed E-state index contributed by atoms with van der Waals surface area (Å²) in [4.78, 5) is 4.56. The Morgan fingerprint density at radius 3 is 2.24 bits per heavy atom. The number of aryl methyl sites for hydroxylation is 1. The van der Waals surface area contributed by atoms with Crippen LogP contribution in [-0.4, -0.2) is 4.98 Å². The van der Waals surface area contributed by atoms with Gasteiger partial charge in [-0.1, -0.05) is 36.4 Å². The summed E-state index contributed by atoms with van der Waals surface area (Å²) in [7, 11) is 0. The normalized spacial score (nSPS) is 11.8. The van der Waals surface area contributed by atoms with Crippen molar-refractivity contribution in [1.29, 1.82) is 0 Å². The predicted molar refractivity (Wildman–Crippen MR) is 76.9 cm³/mol. The Bertz CT molecular complexity index is 789. The molecule has 0 bridgehead atoms. The van der Waals surface area contributed by atoms with E-state index in [1.165, 1.54) is 12.1 Å². The fourth-order valence-electron chi connectivity index (χ4n) is 2.29. The highest BCUT2D eigenvalue weighted by molar-refractivity contribution is 5.84. The molecule has 0 amide bonds. The average molecular weight is 287 g/mol. The van der Waals surface area contributed by atoms with Crippen LogP contribution in [0.5, 0.6) is 0 Å². The number of rotatable bonds is 1. The van der Waals surface area contributed by atoms with Gasteiger partial charge in [0.15, 0.2) is 0 Å². The van der Waals surface area contributed by atoms with Gasteiger partial charge < -0.3 is 0 Å². The van der Waals surface area contributed by atoms with Crippen LogP contribution in [-0.2, 0) is 6.18 Å². The number of fused-ring (bicyclic) bond motifs is 1. The maximum absolute atomic E-state index is 12.6. The summed E-state index contributed by atoms with van der Waals surface area (Å²) >= 11 is 0. The van der Waals surface area contributed by atoms with Crippen molar-refractivity contribution in [1.82, 2.24) is 4.98 Å². The van der Waals surface area contributed by atoms with Gasteiger partial charge in [0.25, 0.3) is 0 Å². The van der Waals surface area contributed by atoms with Gasteiger partial charge in [-0.15, -0.1) is 0 Å². The molecule has 3 aromatic rings. The van der Waals surface area contributed by atoms with Crippen LogP contribution >= 0.6 is 0 Å². The molecule has 1 aromatic heterocycles. The number of pyridine rings is 1. The number of hydrogen-bond donors (Lipinski definition) is 0. The molecule has 21 heavy (non-hydrogen) atoms. The molecule has 0 radical (unpaired) electrons. The maximum Gasteiger partial charge on any atom is 0.416 e. The Morgan fingerprint density at radius 2 is 1.57 bits per heavy atom. The summed E-state index contributed by atoms with van der Waals surface area (Å²) in [6, 6.07) is 14.7. The first kappa shape index (κ1) is 13.6. The SMILES string of the molecule is Cc1cccc2ccc(-c3ccc(C(F)(F)F)cc3)nc12. The van der Waals surface area contributed by atoms with Crippen molar-refractivity contribution < 1.29 is 13.2 Å². The first-order chi connectivity index (χ1) is 9.95. The second-order valence-corrected chi connectivity index (χ2v) is 4.92. The maximum atomic E-state index is 12.6. The Labute approximate surface area is 120 Å². The lowest BCUT2D eigenvalue weighted by Crippen LogP contribution is -2.04. The lowest BCUT2D eigenvalue weighted by Gasteiger charge is -2.08. The topological polar surface area (TPSA) is 12.9 Å². The van der Waals surface area contributed by atoms with E-state index >= 15 is 0 Å². The largest absolute Gasteiger partial charge is 0.416 e. The Hall–Kier alpha value is -2.36.